The van der Waals surface area contributed by atoms with Crippen LogP contribution in [0.25, 0.3) is 11.3 Å². The summed E-state index contributed by atoms with van der Waals surface area (Å²) in [5, 5.41) is 13.8. The van der Waals surface area contributed by atoms with E-state index in [-0.39, 0.29) is 12.6 Å². The molecule has 0 aliphatic rings. The predicted molar refractivity (Wildman–Crippen MR) is 129 cm³/mol. The number of benzene rings is 3. The van der Waals surface area contributed by atoms with Crippen LogP contribution in [-0.2, 0) is 0 Å². The van der Waals surface area contributed by atoms with Crippen molar-refractivity contribution in [1.82, 2.24) is 15.5 Å². The topological polar surface area (TPSA) is 94.6 Å². The fourth-order valence-corrected chi connectivity index (χ4v) is 3.04. The van der Waals surface area contributed by atoms with Gasteiger partial charge in [0.2, 0.25) is 5.88 Å². The van der Waals surface area contributed by atoms with E-state index in [4.69, 9.17) is 14.2 Å². The monoisotopic (exact) mass is 456 g/mol. The minimum absolute atomic E-state index is 0.258. The van der Waals surface area contributed by atoms with Gasteiger partial charge in [0.15, 0.2) is 0 Å². The molecule has 2 N–H and O–H groups in total. The van der Waals surface area contributed by atoms with Crippen molar-refractivity contribution in [3.8, 4) is 34.4 Å². The highest BCUT2D eigenvalue weighted by atomic mass is 16.5. The van der Waals surface area contributed by atoms with Gasteiger partial charge in [-0.2, -0.15) is 0 Å². The van der Waals surface area contributed by atoms with Crippen LogP contribution < -0.4 is 24.8 Å². The number of nitrogens with zero attached hydrogens (tertiary/aromatic N) is 2. The van der Waals surface area contributed by atoms with Gasteiger partial charge in [0.05, 0.1) is 19.3 Å². The third-order valence-electron chi connectivity index (χ3n) is 4.75. The average Bonchev–Trinajstić information content (AvgIpc) is 2.89. The molecule has 0 spiro atoms. The van der Waals surface area contributed by atoms with Crippen molar-refractivity contribution in [3.05, 3.63) is 91.0 Å². The molecule has 34 heavy (non-hydrogen) atoms. The maximum atomic E-state index is 12.1. The number of hydrogen-bond acceptors (Lipinski definition) is 6. The molecule has 0 aliphatic carbocycles. The summed E-state index contributed by atoms with van der Waals surface area (Å²) in [4.78, 5) is 12.1. The van der Waals surface area contributed by atoms with Crippen LogP contribution in [0.15, 0.2) is 91.0 Å². The van der Waals surface area contributed by atoms with E-state index in [1.807, 2.05) is 60.7 Å². The zero-order chi connectivity index (χ0) is 23.6. The Kier molecular flexibility index (Phi) is 7.53. The maximum Gasteiger partial charge on any atom is 0.319 e. The summed E-state index contributed by atoms with van der Waals surface area (Å²) in [5.41, 5.74) is 2.31. The van der Waals surface area contributed by atoms with E-state index < -0.39 is 0 Å². The molecule has 0 saturated heterocycles. The van der Waals surface area contributed by atoms with Crippen LogP contribution in [0.1, 0.15) is 0 Å². The zero-order valence-electron chi connectivity index (χ0n) is 18.6. The number of carbonyl (C=O) groups is 1. The summed E-state index contributed by atoms with van der Waals surface area (Å²) in [5.74, 6) is 2.60. The molecule has 0 unspecified atom stereocenters. The standard InChI is InChI=1S/C26H24N4O4/c1-32-21-11-7-19(8-12-21)24-15-16-25(30-29-24)33-18-17-27-26(31)28-20-9-13-23(14-10-20)34-22-5-3-2-4-6-22/h2-16H,17-18H2,1H3,(H2,27,28,31). The fourth-order valence-electron chi connectivity index (χ4n) is 3.04. The minimum atomic E-state index is -0.332. The van der Waals surface area contributed by atoms with Gasteiger partial charge in [-0.1, -0.05) is 18.2 Å². The Morgan fingerprint density at radius 2 is 1.50 bits per heavy atom. The third-order valence-corrected chi connectivity index (χ3v) is 4.75. The number of rotatable bonds is 9. The molecule has 0 fully saturated rings. The van der Waals surface area contributed by atoms with Crippen molar-refractivity contribution >= 4 is 11.7 Å². The SMILES string of the molecule is COc1ccc(-c2ccc(OCCNC(=O)Nc3ccc(Oc4ccccc4)cc3)nn2)cc1. The second kappa shape index (κ2) is 11.3. The predicted octanol–water partition coefficient (Wildman–Crippen LogP) is 5.15. The van der Waals surface area contributed by atoms with E-state index >= 15 is 0 Å². The van der Waals surface area contributed by atoms with E-state index in [1.165, 1.54) is 0 Å². The summed E-state index contributed by atoms with van der Waals surface area (Å²) in [6, 6.07) is 27.4. The number of aromatic nitrogens is 2. The average molecular weight is 457 g/mol. The molecule has 172 valence electrons. The van der Waals surface area contributed by atoms with Crippen molar-refractivity contribution < 1.29 is 19.0 Å². The molecular weight excluding hydrogens is 432 g/mol. The maximum absolute atomic E-state index is 12.1. The van der Waals surface area contributed by atoms with Crippen LogP contribution in [-0.4, -0.2) is 36.5 Å². The molecule has 0 atom stereocenters. The van der Waals surface area contributed by atoms with Crippen molar-refractivity contribution in [3.63, 3.8) is 0 Å². The van der Waals surface area contributed by atoms with E-state index in [0.717, 1.165) is 22.8 Å². The lowest BCUT2D eigenvalue weighted by molar-refractivity contribution is 0.246. The lowest BCUT2D eigenvalue weighted by atomic mass is 10.1. The van der Waals surface area contributed by atoms with Gasteiger partial charge in [0, 0.05) is 17.3 Å². The van der Waals surface area contributed by atoms with Crippen molar-refractivity contribution in [2.75, 3.05) is 25.6 Å². The van der Waals surface area contributed by atoms with Crippen molar-refractivity contribution in [1.29, 1.82) is 0 Å². The van der Waals surface area contributed by atoms with E-state index in [9.17, 15) is 4.79 Å². The number of ether oxygens (including phenoxy) is 3. The van der Waals surface area contributed by atoms with Crippen LogP contribution in [0.3, 0.4) is 0 Å². The zero-order valence-corrected chi connectivity index (χ0v) is 18.6. The normalized spacial score (nSPS) is 10.3. The molecule has 2 amide bonds. The number of amides is 2. The summed E-state index contributed by atoms with van der Waals surface area (Å²) >= 11 is 0. The summed E-state index contributed by atoms with van der Waals surface area (Å²) in [6.07, 6.45) is 0. The number of carbonyl (C=O) groups excluding carboxylic acids is 1. The Morgan fingerprint density at radius 1 is 0.794 bits per heavy atom. The van der Waals surface area contributed by atoms with E-state index in [1.54, 1.807) is 37.4 Å². The van der Waals surface area contributed by atoms with Crippen molar-refractivity contribution in [2.45, 2.75) is 0 Å². The van der Waals surface area contributed by atoms with Crippen LogP contribution in [0.2, 0.25) is 0 Å². The number of para-hydroxylation sites is 1. The molecule has 1 heterocycles. The quantitative estimate of drug-likeness (QED) is 0.339. The highest BCUT2D eigenvalue weighted by Gasteiger charge is 2.05. The van der Waals surface area contributed by atoms with Gasteiger partial charge < -0.3 is 24.8 Å². The van der Waals surface area contributed by atoms with Gasteiger partial charge in [-0.15, -0.1) is 10.2 Å². The Balaban J connectivity index is 1.17. The smallest absolute Gasteiger partial charge is 0.319 e. The number of nitrogens with one attached hydrogen (secondary N) is 2. The molecule has 0 bridgehead atoms. The van der Waals surface area contributed by atoms with Gasteiger partial charge in [0.25, 0.3) is 0 Å². The second-order valence-electron chi connectivity index (χ2n) is 7.15. The second-order valence-corrected chi connectivity index (χ2v) is 7.15. The fraction of sp³-hybridized carbons (Fsp3) is 0.115. The van der Waals surface area contributed by atoms with E-state index in [0.29, 0.717) is 23.9 Å². The molecule has 4 aromatic rings. The van der Waals surface area contributed by atoms with Crippen LogP contribution in [0.4, 0.5) is 10.5 Å². The Labute approximate surface area is 197 Å². The molecule has 8 nitrogen and oxygen atoms in total. The lowest BCUT2D eigenvalue weighted by Crippen LogP contribution is -2.32. The molecule has 4 rings (SSSR count). The molecular formula is C26H24N4O4. The largest absolute Gasteiger partial charge is 0.497 e. The summed E-state index contributed by atoms with van der Waals surface area (Å²) in [6.45, 7) is 0.566. The van der Waals surface area contributed by atoms with Crippen LogP contribution >= 0.6 is 0 Å². The summed E-state index contributed by atoms with van der Waals surface area (Å²) < 4.78 is 16.5. The minimum Gasteiger partial charge on any atom is -0.497 e. The first-order chi connectivity index (χ1) is 16.7. The number of methoxy groups -OCH3 is 1. The van der Waals surface area contributed by atoms with Gasteiger partial charge >= 0.3 is 6.03 Å². The number of urea groups is 1. The van der Waals surface area contributed by atoms with E-state index in [2.05, 4.69) is 20.8 Å². The van der Waals surface area contributed by atoms with Gasteiger partial charge in [-0.05, 0) is 66.7 Å². The first-order valence-corrected chi connectivity index (χ1v) is 10.7. The summed E-state index contributed by atoms with van der Waals surface area (Å²) in [7, 11) is 1.62. The van der Waals surface area contributed by atoms with Crippen LogP contribution in [0, 0.1) is 0 Å². The molecule has 0 radical (unpaired) electrons. The Bertz CT molecular complexity index is 1180. The molecule has 8 heteroatoms. The lowest BCUT2D eigenvalue weighted by Gasteiger charge is -2.10. The highest BCUT2D eigenvalue weighted by Crippen LogP contribution is 2.23. The molecule has 0 saturated carbocycles. The van der Waals surface area contributed by atoms with Gasteiger partial charge in [-0.3, -0.25) is 0 Å². The van der Waals surface area contributed by atoms with Crippen molar-refractivity contribution in [2.24, 2.45) is 0 Å². The first-order valence-electron chi connectivity index (χ1n) is 10.7. The Hall–Kier alpha value is -4.59. The van der Waals surface area contributed by atoms with Gasteiger partial charge in [-0.25, -0.2) is 4.79 Å². The van der Waals surface area contributed by atoms with Gasteiger partial charge in [0.1, 0.15) is 23.9 Å². The molecule has 3 aromatic carbocycles. The number of anilines is 1. The third kappa shape index (κ3) is 6.46. The van der Waals surface area contributed by atoms with Crippen LogP contribution in [0.5, 0.6) is 23.1 Å². The number of hydrogen-bond donors (Lipinski definition) is 2. The molecule has 0 aliphatic heterocycles. The molecule has 1 aromatic heterocycles. The highest BCUT2D eigenvalue weighted by molar-refractivity contribution is 5.89. The first kappa shape index (κ1) is 22.6. The Morgan fingerprint density at radius 3 is 2.18 bits per heavy atom.